The first-order chi connectivity index (χ1) is 27.0. The molecule has 8 heteroatoms. The molecule has 0 N–H and O–H groups in total. The van der Waals surface area contributed by atoms with Gasteiger partial charge in [0.2, 0.25) is 0 Å². The number of carbonyl (C=O) groups is 3. The van der Waals surface area contributed by atoms with E-state index in [1.54, 1.807) is 0 Å². The number of nitrogens with zero attached hydrogens (tertiary/aromatic N) is 1. The predicted molar refractivity (Wildman–Crippen MR) is 227 cm³/mol. The first-order valence-corrected chi connectivity index (χ1v) is 22.4. The second-order valence-corrected chi connectivity index (χ2v) is 15.1. The summed E-state index contributed by atoms with van der Waals surface area (Å²) in [4.78, 5) is 39.7. The summed E-state index contributed by atoms with van der Waals surface area (Å²) >= 11 is 0. The van der Waals surface area contributed by atoms with Crippen LogP contribution < -0.4 is 0 Å². The number of carbonyl (C=O) groups excluding carboxylic acids is 3. The van der Waals surface area contributed by atoms with Crippen LogP contribution in [0.1, 0.15) is 174 Å². The van der Waals surface area contributed by atoms with Gasteiger partial charge in [0.25, 0.3) is 0 Å². The Morgan fingerprint density at radius 1 is 0.491 bits per heavy atom. The van der Waals surface area contributed by atoms with E-state index < -0.39 is 5.92 Å². The largest absolute Gasteiger partial charge is 0.465 e. The van der Waals surface area contributed by atoms with Crippen molar-refractivity contribution in [3.8, 4) is 0 Å². The molecule has 1 heterocycles. The van der Waals surface area contributed by atoms with Crippen molar-refractivity contribution in [1.82, 2.24) is 4.90 Å². The Balaban J connectivity index is 2.26. The second-order valence-electron chi connectivity index (χ2n) is 15.1. The third-order valence-electron chi connectivity index (χ3n) is 9.84. The van der Waals surface area contributed by atoms with E-state index >= 15 is 0 Å². The minimum absolute atomic E-state index is 0.0515. The van der Waals surface area contributed by atoms with E-state index in [1.807, 2.05) is 0 Å². The molecule has 1 aliphatic heterocycles. The molecule has 0 saturated carbocycles. The molecule has 8 nitrogen and oxygen atoms in total. The third-order valence-corrected chi connectivity index (χ3v) is 9.84. The Bertz CT molecular complexity index is 968. The van der Waals surface area contributed by atoms with Gasteiger partial charge in [0.05, 0.1) is 25.6 Å². The molecule has 0 radical (unpaired) electrons. The van der Waals surface area contributed by atoms with Crippen molar-refractivity contribution in [2.45, 2.75) is 174 Å². The summed E-state index contributed by atoms with van der Waals surface area (Å²) in [7, 11) is 0. The summed E-state index contributed by atoms with van der Waals surface area (Å²) in [6.45, 7) is 8.25. The Morgan fingerprint density at radius 2 is 0.855 bits per heavy atom. The lowest BCUT2D eigenvalue weighted by atomic mass is 10.1. The van der Waals surface area contributed by atoms with Gasteiger partial charge < -0.3 is 18.9 Å². The summed E-state index contributed by atoms with van der Waals surface area (Å²) in [5, 5.41) is 0. The van der Waals surface area contributed by atoms with Crippen LogP contribution in [0.2, 0.25) is 0 Å². The average Bonchev–Trinajstić information content (AvgIpc) is 3.20. The smallest absolute Gasteiger partial charge is 0.307 e. The highest BCUT2D eigenvalue weighted by atomic mass is 16.6. The molecule has 1 rings (SSSR count). The van der Waals surface area contributed by atoms with Crippen molar-refractivity contribution in [1.29, 1.82) is 0 Å². The maximum Gasteiger partial charge on any atom is 0.307 e. The molecule has 1 saturated heterocycles. The number of hydrogen-bond donors (Lipinski definition) is 0. The quantitative estimate of drug-likeness (QED) is 0.0267. The van der Waals surface area contributed by atoms with E-state index in [0.717, 1.165) is 90.1 Å². The van der Waals surface area contributed by atoms with Crippen LogP contribution >= 0.6 is 0 Å². The molecular weight excluding hydrogens is 691 g/mol. The molecule has 316 valence electrons. The van der Waals surface area contributed by atoms with E-state index in [0.29, 0.717) is 32.6 Å². The minimum atomic E-state index is -0.394. The molecule has 0 bridgehead atoms. The highest BCUT2D eigenvalue weighted by Gasteiger charge is 2.19. The van der Waals surface area contributed by atoms with Crippen molar-refractivity contribution < 1.29 is 33.3 Å². The van der Waals surface area contributed by atoms with E-state index in [-0.39, 0.29) is 44.1 Å². The molecule has 1 fully saturated rings. The standard InChI is InChI=1S/C47H81NO7/c1-3-5-7-9-11-13-15-17-19-21-23-25-27-29-31-33-45(49)53-41-44(43-55-47(51)35-36-48-37-39-52-40-38-48)42-54-46(50)34-32-30-28-26-24-22-20-18-16-14-12-10-8-6-4-2/h11-14,17-20,44H,3-10,15-16,21-43H2,1-2H3. The van der Waals surface area contributed by atoms with Gasteiger partial charge in [0.15, 0.2) is 0 Å². The average molecular weight is 772 g/mol. The fourth-order valence-corrected chi connectivity index (χ4v) is 6.23. The molecule has 0 atom stereocenters. The molecule has 0 aliphatic carbocycles. The van der Waals surface area contributed by atoms with E-state index in [1.165, 1.54) is 64.2 Å². The number of hydrogen-bond acceptors (Lipinski definition) is 8. The molecule has 0 amide bonds. The monoisotopic (exact) mass is 772 g/mol. The molecule has 0 aromatic heterocycles. The molecular formula is C47H81NO7. The van der Waals surface area contributed by atoms with Gasteiger partial charge in [-0.2, -0.15) is 0 Å². The second kappa shape index (κ2) is 39.5. The molecule has 1 aliphatic rings. The molecule has 0 aromatic carbocycles. The summed E-state index contributed by atoms with van der Waals surface area (Å²) in [5.74, 6) is -1.21. The number of ether oxygens (including phenoxy) is 4. The van der Waals surface area contributed by atoms with Gasteiger partial charge in [-0.1, -0.05) is 127 Å². The van der Waals surface area contributed by atoms with Gasteiger partial charge >= 0.3 is 17.9 Å². The predicted octanol–water partition coefficient (Wildman–Crippen LogP) is 11.6. The zero-order valence-electron chi connectivity index (χ0n) is 35.3. The maximum absolute atomic E-state index is 12.5. The van der Waals surface area contributed by atoms with Crippen LogP contribution in [0.4, 0.5) is 0 Å². The van der Waals surface area contributed by atoms with E-state index in [2.05, 4.69) is 67.4 Å². The van der Waals surface area contributed by atoms with Gasteiger partial charge in [-0.25, -0.2) is 0 Å². The molecule has 0 unspecified atom stereocenters. The normalized spacial score (nSPS) is 14.4. The van der Waals surface area contributed by atoms with Crippen molar-refractivity contribution in [2.24, 2.45) is 5.92 Å². The first-order valence-electron chi connectivity index (χ1n) is 22.4. The van der Waals surface area contributed by atoms with Crippen LogP contribution in [0, 0.1) is 5.92 Å². The number of morpholine rings is 1. The van der Waals surface area contributed by atoms with Crippen LogP contribution in [0.5, 0.6) is 0 Å². The van der Waals surface area contributed by atoms with E-state index in [9.17, 15) is 14.4 Å². The number of unbranched alkanes of at least 4 members (excludes halogenated alkanes) is 16. The lowest BCUT2D eigenvalue weighted by Crippen LogP contribution is -2.37. The number of rotatable bonds is 37. The molecule has 55 heavy (non-hydrogen) atoms. The lowest BCUT2D eigenvalue weighted by Gasteiger charge is -2.26. The Kier molecular flexibility index (Phi) is 36.2. The summed E-state index contributed by atoms with van der Waals surface area (Å²) in [6.07, 6.45) is 44.0. The Hall–Kier alpha value is -2.71. The van der Waals surface area contributed by atoms with Gasteiger partial charge in [-0.3, -0.25) is 19.3 Å². The van der Waals surface area contributed by atoms with Crippen molar-refractivity contribution in [3.63, 3.8) is 0 Å². The summed E-state index contributed by atoms with van der Waals surface area (Å²) in [5.41, 5.74) is 0. The van der Waals surface area contributed by atoms with Crippen LogP contribution in [-0.2, 0) is 33.3 Å². The van der Waals surface area contributed by atoms with Crippen molar-refractivity contribution in [3.05, 3.63) is 48.6 Å². The van der Waals surface area contributed by atoms with E-state index in [4.69, 9.17) is 18.9 Å². The highest BCUT2D eigenvalue weighted by Crippen LogP contribution is 2.12. The van der Waals surface area contributed by atoms with Gasteiger partial charge in [-0.15, -0.1) is 0 Å². The maximum atomic E-state index is 12.5. The van der Waals surface area contributed by atoms with Crippen LogP contribution in [-0.4, -0.2) is 75.5 Å². The van der Waals surface area contributed by atoms with Crippen molar-refractivity contribution in [2.75, 3.05) is 52.7 Å². The number of esters is 3. The summed E-state index contributed by atoms with van der Waals surface area (Å²) in [6, 6.07) is 0. The summed E-state index contributed by atoms with van der Waals surface area (Å²) < 4.78 is 22.1. The van der Waals surface area contributed by atoms with Gasteiger partial charge in [0.1, 0.15) is 19.8 Å². The highest BCUT2D eigenvalue weighted by molar-refractivity contribution is 5.70. The van der Waals surface area contributed by atoms with Crippen LogP contribution in [0.3, 0.4) is 0 Å². The Labute approximate surface area is 336 Å². The van der Waals surface area contributed by atoms with Crippen molar-refractivity contribution >= 4 is 17.9 Å². The zero-order valence-corrected chi connectivity index (χ0v) is 35.3. The molecule has 0 aromatic rings. The fraction of sp³-hybridized carbons (Fsp3) is 0.766. The third kappa shape index (κ3) is 35.4. The van der Waals surface area contributed by atoms with Crippen LogP contribution in [0.15, 0.2) is 48.6 Å². The zero-order chi connectivity index (χ0) is 39.7. The fourth-order valence-electron chi connectivity index (χ4n) is 6.23. The SMILES string of the molecule is CCCCCC=CCC=CCCCCCCCC(=O)OCC(COC(=O)CCCCCCCC=CCC=CCCCCC)COC(=O)CCN1CCOCC1. The topological polar surface area (TPSA) is 91.4 Å². The van der Waals surface area contributed by atoms with Crippen LogP contribution in [0.25, 0.3) is 0 Å². The first kappa shape index (κ1) is 50.3. The lowest BCUT2D eigenvalue weighted by molar-refractivity contribution is -0.153. The van der Waals surface area contributed by atoms with Gasteiger partial charge in [0, 0.05) is 32.5 Å². The number of allylic oxidation sites excluding steroid dienone is 8. The Morgan fingerprint density at radius 3 is 1.27 bits per heavy atom. The minimum Gasteiger partial charge on any atom is -0.465 e. The van der Waals surface area contributed by atoms with Gasteiger partial charge in [-0.05, 0) is 77.0 Å². The molecule has 0 spiro atoms.